The first kappa shape index (κ1) is 14.8. The highest BCUT2D eigenvalue weighted by Gasteiger charge is 2.57. The Morgan fingerprint density at radius 3 is 2.81 bits per heavy atom. The molecule has 0 aliphatic heterocycles. The van der Waals surface area contributed by atoms with E-state index in [2.05, 4.69) is 4.72 Å². The van der Waals surface area contributed by atoms with Crippen LogP contribution in [-0.2, 0) is 14.8 Å². The number of sulfonamides is 1. The lowest BCUT2D eigenvalue weighted by Gasteiger charge is -2.46. The number of ether oxygens (including phenoxy) is 1. The maximum Gasteiger partial charge on any atom is 0.308 e. The summed E-state index contributed by atoms with van der Waals surface area (Å²) < 4.78 is 32.6. The SMILES string of the molecule is COc1sccc1S(=O)(=O)N[C@H]1[C@@H]2CCC[C@@H]2[C@@H]1C(=O)O. The van der Waals surface area contributed by atoms with Gasteiger partial charge in [0.15, 0.2) is 5.06 Å². The van der Waals surface area contributed by atoms with Crippen molar-refractivity contribution in [1.29, 1.82) is 0 Å². The molecule has 6 nitrogen and oxygen atoms in total. The van der Waals surface area contributed by atoms with Crippen molar-refractivity contribution < 1.29 is 23.1 Å². The maximum absolute atomic E-state index is 12.5. The van der Waals surface area contributed by atoms with Crippen molar-refractivity contribution in [2.45, 2.75) is 30.2 Å². The first-order chi connectivity index (χ1) is 9.95. The van der Waals surface area contributed by atoms with Crippen molar-refractivity contribution in [3.05, 3.63) is 11.4 Å². The van der Waals surface area contributed by atoms with Gasteiger partial charge in [0, 0.05) is 6.04 Å². The molecule has 1 heterocycles. The van der Waals surface area contributed by atoms with E-state index in [0.717, 1.165) is 19.3 Å². The third-order valence-corrected chi connectivity index (χ3v) is 7.07. The van der Waals surface area contributed by atoms with Crippen LogP contribution in [0.2, 0.25) is 0 Å². The molecule has 116 valence electrons. The highest BCUT2D eigenvalue weighted by atomic mass is 32.2. The van der Waals surface area contributed by atoms with Crippen LogP contribution in [0.5, 0.6) is 5.06 Å². The molecule has 0 unspecified atom stereocenters. The molecule has 0 radical (unpaired) electrons. The van der Waals surface area contributed by atoms with Gasteiger partial charge in [0.25, 0.3) is 0 Å². The number of carboxylic acids is 1. The number of fused-ring (bicyclic) bond motifs is 1. The average molecular weight is 331 g/mol. The number of hydrogen-bond donors (Lipinski definition) is 2. The highest BCUT2D eigenvalue weighted by molar-refractivity contribution is 7.89. The molecule has 21 heavy (non-hydrogen) atoms. The minimum absolute atomic E-state index is 0.0839. The van der Waals surface area contributed by atoms with Crippen molar-refractivity contribution in [3.8, 4) is 5.06 Å². The van der Waals surface area contributed by atoms with E-state index >= 15 is 0 Å². The Bertz CT molecular complexity index is 653. The van der Waals surface area contributed by atoms with Crippen LogP contribution in [0, 0.1) is 17.8 Å². The van der Waals surface area contributed by atoms with Crippen LogP contribution in [0.25, 0.3) is 0 Å². The quantitative estimate of drug-likeness (QED) is 0.853. The summed E-state index contributed by atoms with van der Waals surface area (Å²) in [4.78, 5) is 11.5. The minimum atomic E-state index is -3.75. The highest BCUT2D eigenvalue weighted by Crippen LogP contribution is 2.51. The van der Waals surface area contributed by atoms with E-state index in [4.69, 9.17) is 4.74 Å². The molecule has 2 aliphatic carbocycles. The molecule has 1 aromatic rings. The van der Waals surface area contributed by atoms with Gasteiger partial charge in [-0.3, -0.25) is 4.79 Å². The van der Waals surface area contributed by atoms with Crippen LogP contribution in [-0.4, -0.2) is 32.6 Å². The lowest BCUT2D eigenvalue weighted by Crippen LogP contribution is -2.60. The Morgan fingerprint density at radius 2 is 2.14 bits per heavy atom. The van der Waals surface area contributed by atoms with Crippen LogP contribution in [0.4, 0.5) is 0 Å². The topological polar surface area (TPSA) is 92.7 Å². The number of methoxy groups -OCH3 is 1. The molecule has 8 heteroatoms. The molecule has 0 bridgehead atoms. The third kappa shape index (κ3) is 2.35. The van der Waals surface area contributed by atoms with E-state index < -0.39 is 28.0 Å². The molecule has 2 fully saturated rings. The van der Waals surface area contributed by atoms with Crippen molar-refractivity contribution in [2.75, 3.05) is 7.11 Å². The standard InChI is InChI=1S/C13H17NO5S2/c1-19-13-9(5-6-20-13)21(17,18)14-11-8-4-2-3-7(8)10(11)12(15)16/h5-8,10-11,14H,2-4H2,1H3,(H,15,16)/t7-,8+,10-,11-/m0/s1. The summed E-state index contributed by atoms with van der Waals surface area (Å²) in [6.45, 7) is 0. The second kappa shape index (κ2) is 5.26. The number of carboxylic acid groups (broad SMARTS) is 1. The molecule has 1 aromatic heterocycles. The molecule has 3 rings (SSSR count). The summed E-state index contributed by atoms with van der Waals surface area (Å²) in [5.74, 6) is -1.27. The predicted octanol–water partition coefficient (Wildman–Crippen LogP) is 1.53. The molecule has 0 amide bonds. The molecule has 4 atom stereocenters. The Kier molecular flexibility index (Phi) is 3.71. The molecular formula is C13H17NO5S2. The predicted molar refractivity (Wildman–Crippen MR) is 76.9 cm³/mol. The second-order valence-electron chi connectivity index (χ2n) is 5.55. The second-order valence-corrected chi connectivity index (χ2v) is 8.11. The van der Waals surface area contributed by atoms with Gasteiger partial charge in [-0.15, -0.1) is 11.3 Å². The summed E-state index contributed by atoms with van der Waals surface area (Å²) in [5, 5.41) is 11.3. The number of aliphatic carboxylic acids is 1. The van der Waals surface area contributed by atoms with Crippen LogP contribution in [0.3, 0.4) is 0 Å². The number of thiophene rings is 1. The monoisotopic (exact) mass is 331 g/mol. The van der Waals surface area contributed by atoms with Gasteiger partial charge in [0.2, 0.25) is 10.0 Å². The maximum atomic E-state index is 12.5. The fraction of sp³-hybridized carbons (Fsp3) is 0.615. The Morgan fingerprint density at radius 1 is 1.43 bits per heavy atom. The number of nitrogens with one attached hydrogen (secondary N) is 1. The van der Waals surface area contributed by atoms with Gasteiger partial charge in [-0.25, -0.2) is 13.1 Å². The molecule has 2 N–H and O–H groups in total. The van der Waals surface area contributed by atoms with Crippen LogP contribution in [0.15, 0.2) is 16.3 Å². The van der Waals surface area contributed by atoms with Gasteiger partial charge < -0.3 is 9.84 Å². The third-order valence-electron chi connectivity index (χ3n) is 4.58. The summed E-state index contributed by atoms with van der Waals surface area (Å²) in [6.07, 6.45) is 2.74. The Hall–Kier alpha value is -1.12. The van der Waals surface area contributed by atoms with Gasteiger partial charge in [-0.2, -0.15) is 0 Å². The number of carbonyl (C=O) groups is 1. The lowest BCUT2D eigenvalue weighted by molar-refractivity contribution is -0.152. The summed E-state index contributed by atoms with van der Waals surface area (Å²) in [5.41, 5.74) is 0. The van der Waals surface area contributed by atoms with Crippen molar-refractivity contribution in [2.24, 2.45) is 17.8 Å². The molecule has 2 saturated carbocycles. The van der Waals surface area contributed by atoms with Gasteiger partial charge in [-0.1, -0.05) is 6.42 Å². The largest absolute Gasteiger partial charge is 0.486 e. The first-order valence-corrected chi connectivity index (χ1v) is 9.18. The van der Waals surface area contributed by atoms with Crippen LogP contribution < -0.4 is 9.46 Å². The Labute approximate surface area is 127 Å². The van der Waals surface area contributed by atoms with Gasteiger partial charge in [0.1, 0.15) is 4.90 Å². The minimum Gasteiger partial charge on any atom is -0.486 e. The molecule has 0 saturated heterocycles. The normalized spacial score (nSPS) is 31.5. The average Bonchev–Trinajstić information content (AvgIpc) is 3.02. The van der Waals surface area contributed by atoms with Crippen LogP contribution in [0.1, 0.15) is 19.3 Å². The van der Waals surface area contributed by atoms with Crippen LogP contribution >= 0.6 is 11.3 Å². The molecule has 0 spiro atoms. The fourth-order valence-corrected chi connectivity index (χ4v) is 6.19. The van der Waals surface area contributed by atoms with E-state index in [0.29, 0.717) is 5.06 Å². The first-order valence-electron chi connectivity index (χ1n) is 6.82. The van der Waals surface area contributed by atoms with E-state index in [1.54, 1.807) is 5.38 Å². The summed E-state index contributed by atoms with van der Waals surface area (Å²) >= 11 is 1.20. The fourth-order valence-electron chi connectivity index (χ4n) is 3.67. The smallest absolute Gasteiger partial charge is 0.308 e. The Balaban J connectivity index is 1.84. The molecule has 0 aromatic carbocycles. The zero-order valence-electron chi connectivity index (χ0n) is 11.5. The van der Waals surface area contributed by atoms with Gasteiger partial charge >= 0.3 is 5.97 Å². The number of rotatable bonds is 5. The zero-order chi connectivity index (χ0) is 15.2. The van der Waals surface area contributed by atoms with E-state index in [1.165, 1.54) is 24.5 Å². The molecular weight excluding hydrogens is 314 g/mol. The van der Waals surface area contributed by atoms with E-state index in [-0.39, 0.29) is 16.7 Å². The number of hydrogen-bond acceptors (Lipinski definition) is 5. The van der Waals surface area contributed by atoms with Crippen molar-refractivity contribution >= 4 is 27.3 Å². The van der Waals surface area contributed by atoms with E-state index in [1.807, 2.05) is 0 Å². The summed E-state index contributed by atoms with van der Waals surface area (Å²) in [6, 6.07) is 0.969. The van der Waals surface area contributed by atoms with Gasteiger partial charge in [0.05, 0.1) is 13.0 Å². The van der Waals surface area contributed by atoms with E-state index in [9.17, 15) is 18.3 Å². The van der Waals surface area contributed by atoms with Crippen molar-refractivity contribution in [1.82, 2.24) is 4.72 Å². The lowest BCUT2D eigenvalue weighted by atomic mass is 9.63. The zero-order valence-corrected chi connectivity index (χ0v) is 13.1. The summed E-state index contributed by atoms with van der Waals surface area (Å²) in [7, 11) is -2.33. The van der Waals surface area contributed by atoms with Crippen molar-refractivity contribution in [3.63, 3.8) is 0 Å². The molecule has 2 aliphatic rings. The van der Waals surface area contributed by atoms with Gasteiger partial charge in [-0.05, 0) is 36.1 Å².